The van der Waals surface area contributed by atoms with Gasteiger partial charge in [0, 0.05) is 30.6 Å². The number of aliphatic hydroxyl groups is 1. The summed E-state index contributed by atoms with van der Waals surface area (Å²) in [5.41, 5.74) is 1.83. The van der Waals surface area contributed by atoms with Crippen LogP contribution in [-0.2, 0) is 25.6 Å². The van der Waals surface area contributed by atoms with Gasteiger partial charge in [-0.25, -0.2) is 9.78 Å². The molecule has 0 saturated heterocycles. The Bertz CT molecular complexity index is 1110. The molecule has 0 aliphatic heterocycles. The second-order valence-electron chi connectivity index (χ2n) is 9.08. The lowest BCUT2D eigenvalue weighted by Gasteiger charge is -2.19. The minimum absolute atomic E-state index is 0.144. The zero-order chi connectivity index (χ0) is 28.5. The SMILES string of the molecule is Cc1nc(-c2ccc(C)c(C)c2)c(CC(=O)N(C)CCN(C)C)s1.O=C(O)CC(O)(CC(=O)O)C(=O)O. The van der Waals surface area contributed by atoms with Crippen molar-refractivity contribution in [2.75, 3.05) is 34.2 Å². The second-order valence-corrected chi connectivity index (χ2v) is 10.4. The molecule has 0 aliphatic carbocycles. The molecule has 4 N–H and O–H groups in total. The Morgan fingerprint density at radius 1 is 0.919 bits per heavy atom. The van der Waals surface area contributed by atoms with Gasteiger partial charge in [-0.1, -0.05) is 12.1 Å². The fourth-order valence-corrected chi connectivity index (χ4v) is 4.11. The number of benzene rings is 1. The third-order valence-electron chi connectivity index (χ3n) is 5.49. The van der Waals surface area contributed by atoms with Crippen molar-refractivity contribution in [1.82, 2.24) is 14.8 Å². The summed E-state index contributed by atoms with van der Waals surface area (Å²) in [4.78, 5) is 52.6. The first-order valence-corrected chi connectivity index (χ1v) is 12.2. The largest absolute Gasteiger partial charge is 0.481 e. The van der Waals surface area contributed by atoms with E-state index in [1.807, 2.05) is 28.1 Å². The lowest BCUT2D eigenvalue weighted by molar-refractivity contribution is -0.170. The van der Waals surface area contributed by atoms with Crippen LogP contribution in [0.3, 0.4) is 0 Å². The van der Waals surface area contributed by atoms with Crippen molar-refractivity contribution in [1.29, 1.82) is 0 Å². The number of aryl methyl sites for hydroxylation is 3. The van der Waals surface area contributed by atoms with E-state index in [4.69, 9.17) is 20.4 Å². The lowest BCUT2D eigenvalue weighted by atomic mass is 9.96. The number of aliphatic carboxylic acids is 3. The van der Waals surface area contributed by atoms with Gasteiger partial charge in [0.25, 0.3) is 0 Å². The highest BCUT2D eigenvalue weighted by molar-refractivity contribution is 7.12. The van der Waals surface area contributed by atoms with Crippen molar-refractivity contribution in [2.45, 2.75) is 45.6 Å². The first kappa shape index (κ1) is 31.7. The summed E-state index contributed by atoms with van der Waals surface area (Å²) in [7, 11) is 5.90. The standard InChI is InChI=1S/C19H27N3OS.C6H8O7/c1-13-7-8-16(11-14(13)2)19-17(24-15(3)20-19)12-18(23)22(6)10-9-21(4)5;7-3(8)1-6(13,5(11)12)2-4(9)10/h7-8,11H,9-10,12H2,1-6H3;13H,1-2H2,(H,7,8)(H,9,10)(H,11,12). The van der Waals surface area contributed by atoms with Crippen LogP contribution in [-0.4, -0.2) is 98.9 Å². The lowest BCUT2D eigenvalue weighted by Crippen LogP contribution is -2.42. The summed E-state index contributed by atoms with van der Waals surface area (Å²) in [6, 6.07) is 6.38. The fraction of sp³-hybridized carbons (Fsp3) is 0.480. The molecule has 0 spiro atoms. The Balaban J connectivity index is 0.000000448. The van der Waals surface area contributed by atoms with E-state index >= 15 is 0 Å². The van der Waals surface area contributed by atoms with Crippen LogP contribution < -0.4 is 0 Å². The molecule has 204 valence electrons. The molecule has 37 heavy (non-hydrogen) atoms. The Kier molecular flexibility index (Phi) is 11.8. The number of carbonyl (C=O) groups is 4. The van der Waals surface area contributed by atoms with Crippen molar-refractivity contribution in [3.63, 3.8) is 0 Å². The van der Waals surface area contributed by atoms with E-state index in [9.17, 15) is 19.2 Å². The number of carboxylic acid groups (broad SMARTS) is 3. The highest BCUT2D eigenvalue weighted by atomic mass is 32.1. The quantitative estimate of drug-likeness (QED) is 0.333. The van der Waals surface area contributed by atoms with Gasteiger partial charge in [-0.05, 0) is 52.1 Å². The highest BCUT2D eigenvalue weighted by Gasteiger charge is 2.40. The number of carboxylic acids is 3. The minimum atomic E-state index is -2.74. The first-order valence-electron chi connectivity index (χ1n) is 11.4. The molecule has 0 bridgehead atoms. The average Bonchev–Trinajstić information content (AvgIpc) is 3.12. The number of hydrogen-bond donors (Lipinski definition) is 4. The van der Waals surface area contributed by atoms with Gasteiger partial charge in [-0.2, -0.15) is 0 Å². The molecule has 0 radical (unpaired) electrons. The molecule has 1 aromatic heterocycles. The molecule has 1 heterocycles. The number of carbonyl (C=O) groups excluding carboxylic acids is 1. The number of likely N-dealkylation sites (N-methyl/N-ethyl adjacent to an activating group) is 2. The van der Waals surface area contributed by atoms with Crippen molar-refractivity contribution in [3.05, 3.63) is 39.2 Å². The molecular formula is C25H35N3O8S. The highest BCUT2D eigenvalue weighted by Crippen LogP contribution is 2.30. The van der Waals surface area contributed by atoms with Crippen LogP contribution in [0.15, 0.2) is 18.2 Å². The summed E-state index contributed by atoms with van der Waals surface area (Å²) < 4.78 is 0. The number of aromatic nitrogens is 1. The molecule has 0 fully saturated rings. The predicted molar refractivity (Wildman–Crippen MR) is 139 cm³/mol. The number of nitrogens with zero attached hydrogens (tertiary/aromatic N) is 3. The summed E-state index contributed by atoms with van der Waals surface area (Å²) >= 11 is 1.62. The van der Waals surface area contributed by atoms with E-state index in [0.717, 1.165) is 34.2 Å². The van der Waals surface area contributed by atoms with Crippen LogP contribution in [0.4, 0.5) is 0 Å². The Hall–Kier alpha value is -3.35. The third kappa shape index (κ3) is 10.3. The van der Waals surface area contributed by atoms with E-state index < -0.39 is 36.4 Å². The maximum atomic E-state index is 12.5. The molecule has 12 heteroatoms. The third-order valence-corrected chi connectivity index (χ3v) is 6.46. The van der Waals surface area contributed by atoms with Gasteiger partial charge in [0.05, 0.1) is 30.0 Å². The van der Waals surface area contributed by atoms with Crippen molar-refractivity contribution >= 4 is 35.2 Å². The molecule has 0 aliphatic rings. The van der Waals surface area contributed by atoms with E-state index in [2.05, 4.69) is 41.9 Å². The summed E-state index contributed by atoms with van der Waals surface area (Å²) in [6.45, 7) is 7.82. The molecule has 2 aromatic rings. The minimum Gasteiger partial charge on any atom is -0.481 e. The Morgan fingerprint density at radius 2 is 1.49 bits per heavy atom. The topological polar surface area (TPSA) is 169 Å². The molecule has 11 nitrogen and oxygen atoms in total. The van der Waals surface area contributed by atoms with Crippen LogP contribution in [0.5, 0.6) is 0 Å². The number of hydrogen-bond acceptors (Lipinski definition) is 8. The molecule has 0 unspecified atom stereocenters. The van der Waals surface area contributed by atoms with E-state index in [1.165, 1.54) is 11.1 Å². The normalized spacial score (nSPS) is 11.0. The zero-order valence-corrected chi connectivity index (χ0v) is 22.8. The van der Waals surface area contributed by atoms with Crippen molar-refractivity contribution < 1.29 is 39.6 Å². The van der Waals surface area contributed by atoms with Crippen molar-refractivity contribution in [2.24, 2.45) is 0 Å². The van der Waals surface area contributed by atoms with Gasteiger partial charge in [-0.15, -0.1) is 11.3 Å². The van der Waals surface area contributed by atoms with Crippen LogP contribution in [0.25, 0.3) is 11.3 Å². The van der Waals surface area contributed by atoms with E-state index in [-0.39, 0.29) is 5.91 Å². The molecular weight excluding hydrogens is 502 g/mol. The number of amides is 1. The molecule has 0 atom stereocenters. The van der Waals surface area contributed by atoms with Gasteiger partial charge in [0.15, 0.2) is 5.60 Å². The molecule has 2 rings (SSSR count). The number of thiazole rings is 1. The maximum Gasteiger partial charge on any atom is 0.336 e. The first-order chi connectivity index (χ1) is 17.1. The predicted octanol–water partition coefficient (Wildman–Crippen LogP) is 2.05. The van der Waals surface area contributed by atoms with Crippen LogP contribution in [0.1, 0.15) is 33.9 Å². The van der Waals surface area contributed by atoms with Crippen LogP contribution >= 0.6 is 11.3 Å². The summed E-state index contributed by atoms with van der Waals surface area (Å²) in [5, 5.41) is 34.8. The molecule has 1 amide bonds. The Morgan fingerprint density at radius 3 is 1.95 bits per heavy atom. The maximum absolute atomic E-state index is 12.5. The van der Waals surface area contributed by atoms with Crippen molar-refractivity contribution in [3.8, 4) is 11.3 Å². The van der Waals surface area contributed by atoms with E-state index in [1.54, 1.807) is 16.2 Å². The van der Waals surface area contributed by atoms with Gasteiger partial charge < -0.3 is 30.2 Å². The van der Waals surface area contributed by atoms with Gasteiger partial charge in [0.1, 0.15) is 0 Å². The van der Waals surface area contributed by atoms with Crippen LogP contribution in [0.2, 0.25) is 0 Å². The summed E-state index contributed by atoms with van der Waals surface area (Å²) in [5.74, 6) is -4.87. The van der Waals surface area contributed by atoms with Crippen LogP contribution in [0, 0.1) is 20.8 Å². The second kappa shape index (κ2) is 13.8. The molecule has 0 saturated carbocycles. The number of rotatable bonds is 11. The van der Waals surface area contributed by atoms with Gasteiger partial charge >= 0.3 is 17.9 Å². The van der Waals surface area contributed by atoms with E-state index in [0.29, 0.717) is 6.42 Å². The monoisotopic (exact) mass is 537 g/mol. The zero-order valence-electron chi connectivity index (χ0n) is 21.9. The van der Waals surface area contributed by atoms with Gasteiger partial charge in [-0.3, -0.25) is 14.4 Å². The average molecular weight is 538 g/mol. The smallest absolute Gasteiger partial charge is 0.336 e. The fourth-order valence-electron chi connectivity index (χ4n) is 3.16. The Labute approximate surface area is 220 Å². The molecule has 1 aromatic carbocycles. The summed E-state index contributed by atoms with van der Waals surface area (Å²) in [6.07, 6.45) is -1.87. The van der Waals surface area contributed by atoms with Gasteiger partial charge in [0.2, 0.25) is 5.91 Å².